The van der Waals surface area contributed by atoms with Crippen LogP contribution in [0.3, 0.4) is 0 Å². The maximum atomic E-state index is 5.33. The van der Waals surface area contributed by atoms with E-state index in [1.165, 1.54) is 11.1 Å². The normalized spacial score (nSPS) is 10.9. The monoisotopic (exact) mass is 301 g/mol. The van der Waals surface area contributed by atoms with Gasteiger partial charge in [-0.25, -0.2) is 0 Å². The molecule has 0 spiro atoms. The van der Waals surface area contributed by atoms with Gasteiger partial charge in [0.15, 0.2) is 0 Å². The Hall–Kier alpha value is -2.87. The zero-order chi connectivity index (χ0) is 16.1. The molecule has 1 aromatic heterocycles. The molecule has 0 amide bonds. The van der Waals surface area contributed by atoms with Gasteiger partial charge in [0.1, 0.15) is 5.75 Å². The van der Waals surface area contributed by atoms with Crippen LogP contribution in [0.25, 0.3) is 23.3 Å². The maximum absolute atomic E-state index is 5.33. The van der Waals surface area contributed by atoms with Gasteiger partial charge in [-0.3, -0.25) is 4.98 Å². The van der Waals surface area contributed by atoms with Crippen LogP contribution in [0.5, 0.6) is 5.75 Å². The molecule has 0 aliphatic rings. The molecule has 3 aromatic rings. The van der Waals surface area contributed by atoms with Crippen molar-refractivity contribution in [3.63, 3.8) is 0 Å². The van der Waals surface area contributed by atoms with Crippen molar-refractivity contribution in [3.05, 3.63) is 83.7 Å². The molecule has 0 aliphatic heterocycles. The van der Waals surface area contributed by atoms with Crippen LogP contribution in [0.15, 0.2) is 66.9 Å². The van der Waals surface area contributed by atoms with Crippen LogP contribution in [0.4, 0.5) is 0 Å². The first-order valence-electron chi connectivity index (χ1n) is 7.60. The van der Waals surface area contributed by atoms with Gasteiger partial charge >= 0.3 is 0 Å². The summed E-state index contributed by atoms with van der Waals surface area (Å²) in [6.45, 7) is 1.99. The first-order valence-corrected chi connectivity index (χ1v) is 7.60. The molecule has 1 heterocycles. The van der Waals surface area contributed by atoms with Gasteiger partial charge in [-0.2, -0.15) is 0 Å². The third kappa shape index (κ3) is 3.67. The average Bonchev–Trinajstić information content (AvgIpc) is 2.62. The van der Waals surface area contributed by atoms with Crippen LogP contribution in [-0.2, 0) is 0 Å². The Bertz CT molecular complexity index is 805. The molecular formula is C21H19NO. The van der Waals surface area contributed by atoms with Gasteiger partial charge in [0.05, 0.1) is 12.8 Å². The number of rotatable bonds is 4. The minimum Gasteiger partial charge on any atom is -0.496 e. The third-order valence-electron chi connectivity index (χ3n) is 3.76. The highest BCUT2D eigenvalue weighted by Crippen LogP contribution is 2.21. The SMILES string of the molecule is COc1cc(C=Cc2ccc(-c3ccccc3)cc2)ncc1C. The fourth-order valence-corrected chi connectivity index (χ4v) is 2.43. The lowest BCUT2D eigenvalue weighted by Crippen LogP contribution is -1.90. The van der Waals surface area contributed by atoms with Crippen LogP contribution >= 0.6 is 0 Å². The second-order valence-corrected chi connectivity index (χ2v) is 5.40. The predicted octanol–water partition coefficient (Wildman–Crippen LogP) is 5.24. The molecule has 0 saturated carbocycles. The van der Waals surface area contributed by atoms with Crippen molar-refractivity contribution in [2.24, 2.45) is 0 Å². The first-order chi connectivity index (χ1) is 11.3. The van der Waals surface area contributed by atoms with Gasteiger partial charge in [0.25, 0.3) is 0 Å². The molecule has 23 heavy (non-hydrogen) atoms. The number of aryl methyl sites for hydroxylation is 1. The average molecular weight is 301 g/mol. The van der Waals surface area contributed by atoms with Gasteiger partial charge in [-0.15, -0.1) is 0 Å². The van der Waals surface area contributed by atoms with E-state index < -0.39 is 0 Å². The maximum Gasteiger partial charge on any atom is 0.125 e. The number of benzene rings is 2. The Morgan fingerprint density at radius 2 is 1.57 bits per heavy atom. The van der Waals surface area contributed by atoms with Crippen molar-refractivity contribution in [3.8, 4) is 16.9 Å². The van der Waals surface area contributed by atoms with Crippen molar-refractivity contribution in [2.45, 2.75) is 6.92 Å². The smallest absolute Gasteiger partial charge is 0.125 e. The molecule has 2 aromatic carbocycles. The zero-order valence-corrected chi connectivity index (χ0v) is 13.4. The van der Waals surface area contributed by atoms with Crippen LogP contribution in [0.1, 0.15) is 16.8 Å². The number of nitrogens with zero attached hydrogens (tertiary/aromatic N) is 1. The largest absolute Gasteiger partial charge is 0.496 e. The Balaban J connectivity index is 1.78. The van der Waals surface area contributed by atoms with Gasteiger partial charge in [-0.05, 0) is 29.7 Å². The van der Waals surface area contributed by atoms with E-state index in [1.807, 2.05) is 31.3 Å². The van der Waals surface area contributed by atoms with E-state index in [0.717, 1.165) is 22.6 Å². The summed E-state index contributed by atoms with van der Waals surface area (Å²) in [6.07, 6.45) is 5.89. The van der Waals surface area contributed by atoms with Crippen molar-refractivity contribution in [2.75, 3.05) is 7.11 Å². The summed E-state index contributed by atoms with van der Waals surface area (Å²) < 4.78 is 5.33. The lowest BCUT2D eigenvalue weighted by Gasteiger charge is -2.04. The number of hydrogen-bond acceptors (Lipinski definition) is 2. The summed E-state index contributed by atoms with van der Waals surface area (Å²) in [6, 6.07) is 20.8. The molecule has 0 saturated heterocycles. The van der Waals surface area contributed by atoms with Gasteiger partial charge in [0, 0.05) is 17.8 Å². The lowest BCUT2D eigenvalue weighted by molar-refractivity contribution is 0.411. The van der Waals surface area contributed by atoms with Crippen LogP contribution in [0, 0.1) is 6.92 Å². The first kappa shape index (κ1) is 15.0. The van der Waals surface area contributed by atoms with Crippen molar-refractivity contribution in [1.29, 1.82) is 0 Å². The van der Waals surface area contributed by atoms with Crippen molar-refractivity contribution >= 4 is 12.2 Å². The van der Waals surface area contributed by atoms with Gasteiger partial charge < -0.3 is 4.74 Å². The Kier molecular flexibility index (Phi) is 4.53. The van der Waals surface area contributed by atoms with Crippen LogP contribution < -0.4 is 4.74 Å². The van der Waals surface area contributed by atoms with Crippen molar-refractivity contribution in [1.82, 2.24) is 4.98 Å². The fraction of sp³-hybridized carbons (Fsp3) is 0.0952. The highest BCUT2D eigenvalue weighted by Gasteiger charge is 1.99. The predicted molar refractivity (Wildman–Crippen MR) is 96.3 cm³/mol. The van der Waals surface area contributed by atoms with Crippen molar-refractivity contribution < 1.29 is 4.74 Å². The van der Waals surface area contributed by atoms with Crippen LogP contribution in [-0.4, -0.2) is 12.1 Å². The third-order valence-corrected chi connectivity index (χ3v) is 3.76. The molecule has 2 heteroatoms. The van der Waals surface area contributed by atoms with E-state index in [2.05, 4.69) is 59.6 Å². The number of hydrogen-bond donors (Lipinski definition) is 0. The van der Waals surface area contributed by atoms with E-state index in [9.17, 15) is 0 Å². The Morgan fingerprint density at radius 1 is 0.870 bits per heavy atom. The summed E-state index contributed by atoms with van der Waals surface area (Å²) in [5.74, 6) is 0.860. The number of aromatic nitrogens is 1. The number of pyridine rings is 1. The molecule has 114 valence electrons. The standard InChI is InChI=1S/C21H19NO/c1-16-15-22-20(14-21(16)23-2)13-10-17-8-11-19(12-9-17)18-6-4-3-5-7-18/h3-15H,1-2H3. The van der Waals surface area contributed by atoms with Crippen LogP contribution in [0.2, 0.25) is 0 Å². The van der Waals surface area contributed by atoms with E-state index in [1.54, 1.807) is 7.11 Å². The Labute approximate surface area is 137 Å². The molecule has 0 bridgehead atoms. The Morgan fingerprint density at radius 3 is 2.26 bits per heavy atom. The van der Waals surface area contributed by atoms with E-state index in [4.69, 9.17) is 4.74 Å². The second kappa shape index (κ2) is 6.93. The molecule has 3 rings (SSSR count). The van der Waals surface area contributed by atoms with Gasteiger partial charge in [0.2, 0.25) is 0 Å². The highest BCUT2D eigenvalue weighted by atomic mass is 16.5. The molecular weight excluding hydrogens is 282 g/mol. The number of ether oxygens (including phenoxy) is 1. The van der Waals surface area contributed by atoms with Gasteiger partial charge in [-0.1, -0.05) is 60.7 Å². The molecule has 0 aliphatic carbocycles. The summed E-state index contributed by atoms with van der Waals surface area (Å²) in [4.78, 5) is 4.40. The van der Waals surface area contributed by atoms with E-state index in [-0.39, 0.29) is 0 Å². The lowest BCUT2D eigenvalue weighted by atomic mass is 10.0. The molecule has 0 N–H and O–H groups in total. The molecule has 0 radical (unpaired) electrons. The van der Waals surface area contributed by atoms with E-state index >= 15 is 0 Å². The molecule has 0 atom stereocenters. The summed E-state index contributed by atoms with van der Waals surface area (Å²) in [5.41, 5.74) is 5.52. The minimum atomic E-state index is 0.860. The summed E-state index contributed by atoms with van der Waals surface area (Å²) >= 11 is 0. The summed E-state index contributed by atoms with van der Waals surface area (Å²) in [7, 11) is 1.68. The zero-order valence-electron chi connectivity index (χ0n) is 13.4. The van der Waals surface area contributed by atoms with E-state index in [0.29, 0.717) is 0 Å². The highest BCUT2D eigenvalue weighted by molar-refractivity contribution is 5.71. The second-order valence-electron chi connectivity index (χ2n) is 5.40. The summed E-state index contributed by atoms with van der Waals surface area (Å²) in [5, 5.41) is 0. The topological polar surface area (TPSA) is 22.1 Å². The molecule has 2 nitrogen and oxygen atoms in total. The molecule has 0 unspecified atom stereocenters. The number of methoxy groups -OCH3 is 1. The minimum absolute atomic E-state index is 0.860. The fourth-order valence-electron chi connectivity index (χ4n) is 2.43. The quantitative estimate of drug-likeness (QED) is 0.657. The molecule has 0 fully saturated rings.